The lowest BCUT2D eigenvalue weighted by Gasteiger charge is -2.39. The summed E-state index contributed by atoms with van der Waals surface area (Å²) in [4.78, 5) is 0. The number of nitrogen functional groups attached to an aromatic ring is 1. The Labute approximate surface area is 154 Å². The van der Waals surface area contributed by atoms with Crippen LogP contribution in [-0.2, 0) is 11.7 Å². The zero-order chi connectivity index (χ0) is 20.4. The zero-order valence-electron chi connectivity index (χ0n) is 14.9. The molecular weight excluding hydrogens is 362 g/mol. The molecule has 0 bridgehead atoms. The van der Waals surface area contributed by atoms with Crippen molar-refractivity contribution in [2.45, 2.75) is 38.1 Å². The van der Waals surface area contributed by atoms with Crippen LogP contribution in [0.2, 0.25) is 0 Å². The van der Waals surface area contributed by atoms with Gasteiger partial charge in [0.1, 0.15) is 5.82 Å². The quantitative estimate of drug-likeness (QED) is 0.336. The molecular formula is C19H21F4N3O. The molecule has 2 atom stereocenters. The van der Waals surface area contributed by atoms with E-state index in [-0.39, 0.29) is 23.4 Å². The third kappa shape index (κ3) is 4.05. The van der Waals surface area contributed by atoms with Crippen molar-refractivity contribution in [1.82, 2.24) is 0 Å². The molecule has 5 N–H and O–H groups in total. The molecule has 2 unspecified atom stereocenters. The van der Waals surface area contributed by atoms with Crippen molar-refractivity contribution >= 4 is 17.6 Å². The first-order valence-electron chi connectivity index (χ1n) is 8.28. The molecule has 4 nitrogen and oxygen atoms in total. The van der Waals surface area contributed by atoms with Gasteiger partial charge in [-0.15, -0.1) is 0 Å². The fourth-order valence-electron chi connectivity index (χ4n) is 3.11. The predicted octanol–water partition coefficient (Wildman–Crippen LogP) is 4.52. The van der Waals surface area contributed by atoms with Crippen LogP contribution >= 0.6 is 0 Å². The Morgan fingerprint density at radius 2 is 1.74 bits per heavy atom. The fraction of sp³-hybridized carbons (Fsp3) is 0.316. The summed E-state index contributed by atoms with van der Waals surface area (Å²) in [5.41, 5.74) is 4.57. The maximum absolute atomic E-state index is 13.8. The van der Waals surface area contributed by atoms with E-state index in [0.717, 1.165) is 30.5 Å². The maximum Gasteiger partial charge on any atom is 0.416 e. The van der Waals surface area contributed by atoms with Gasteiger partial charge >= 0.3 is 6.18 Å². The van der Waals surface area contributed by atoms with Crippen LogP contribution in [0.25, 0.3) is 0 Å². The summed E-state index contributed by atoms with van der Waals surface area (Å²) in [7, 11) is 0. The van der Waals surface area contributed by atoms with Crippen molar-refractivity contribution in [1.29, 1.82) is 5.41 Å². The maximum atomic E-state index is 13.8. The Balaban J connectivity index is 2.57. The second-order valence-electron chi connectivity index (χ2n) is 6.30. The Kier molecular flexibility index (Phi) is 5.79. The molecule has 0 saturated heterocycles. The van der Waals surface area contributed by atoms with Crippen molar-refractivity contribution in [2.24, 2.45) is 0 Å². The highest BCUT2D eigenvalue weighted by Crippen LogP contribution is 2.37. The van der Waals surface area contributed by atoms with Crippen LogP contribution in [0.1, 0.15) is 37.0 Å². The smallest absolute Gasteiger partial charge is 0.398 e. The van der Waals surface area contributed by atoms with Gasteiger partial charge in [-0.1, -0.05) is 19.1 Å². The third-order valence-electron chi connectivity index (χ3n) is 4.68. The van der Waals surface area contributed by atoms with E-state index in [4.69, 9.17) is 11.1 Å². The molecule has 0 aliphatic carbocycles. The SMILES string of the molecule is CCC(Nc1cc(F)cc(N)c1C=N)(c1ccc(C(F)(F)F)cc1)C(C)O. The number of aliphatic hydroxyl groups is 1. The molecule has 0 aliphatic heterocycles. The third-order valence-corrected chi connectivity index (χ3v) is 4.68. The Morgan fingerprint density at radius 1 is 1.19 bits per heavy atom. The summed E-state index contributed by atoms with van der Waals surface area (Å²) in [6, 6.07) is 6.62. The summed E-state index contributed by atoms with van der Waals surface area (Å²) in [6.07, 6.45) is -4.28. The van der Waals surface area contributed by atoms with Gasteiger partial charge in [0.05, 0.1) is 17.2 Å². The molecule has 0 saturated carbocycles. The molecule has 0 aromatic heterocycles. The van der Waals surface area contributed by atoms with Crippen molar-refractivity contribution in [3.63, 3.8) is 0 Å². The number of alkyl halides is 3. The molecule has 2 aromatic carbocycles. The molecule has 146 valence electrons. The van der Waals surface area contributed by atoms with Gasteiger partial charge in [0.25, 0.3) is 0 Å². The van der Waals surface area contributed by atoms with Crippen LogP contribution in [0, 0.1) is 11.2 Å². The second-order valence-corrected chi connectivity index (χ2v) is 6.30. The highest BCUT2D eigenvalue weighted by atomic mass is 19.4. The van der Waals surface area contributed by atoms with Gasteiger partial charge in [0.2, 0.25) is 0 Å². The highest BCUT2D eigenvalue weighted by molar-refractivity contribution is 5.93. The monoisotopic (exact) mass is 383 g/mol. The number of halogens is 4. The first-order valence-corrected chi connectivity index (χ1v) is 8.28. The number of benzene rings is 2. The van der Waals surface area contributed by atoms with Crippen molar-refractivity contribution in [2.75, 3.05) is 11.1 Å². The molecule has 0 aliphatic rings. The van der Waals surface area contributed by atoms with E-state index in [1.54, 1.807) is 6.92 Å². The molecule has 2 aromatic rings. The zero-order valence-corrected chi connectivity index (χ0v) is 14.9. The number of aliphatic hydroxyl groups excluding tert-OH is 1. The van der Waals surface area contributed by atoms with Crippen LogP contribution < -0.4 is 11.1 Å². The number of hydrogen-bond donors (Lipinski definition) is 4. The van der Waals surface area contributed by atoms with E-state index in [9.17, 15) is 22.7 Å². The standard InChI is InChI=1S/C19H21F4N3O/c1-3-18(11(2)27,12-4-6-13(7-5-12)19(21,22)23)26-17-9-14(20)8-16(25)15(17)10-24/h4-11,24,26-27H,3,25H2,1-2H3. The van der Waals surface area contributed by atoms with Gasteiger partial charge in [-0.05, 0) is 43.2 Å². The van der Waals surface area contributed by atoms with Crippen LogP contribution in [-0.4, -0.2) is 17.4 Å². The summed E-state index contributed by atoms with van der Waals surface area (Å²) in [6.45, 7) is 3.23. The minimum atomic E-state index is -4.48. The first kappa shape index (κ1) is 20.7. The largest absolute Gasteiger partial charge is 0.416 e. The summed E-state index contributed by atoms with van der Waals surface area (Å²) < 4.78 is 52.4. The molecule has 27 heavy (non-hydrogen) atoms. The van der Waals surface area contributed by atoms with Gasteiger partial charge in [-0.25, -0.2) is 4.39 Å². The lowest BCUT2D eigenvalue weighted by atomic mass is 9.81. The highest BCUT2D eigenvalue weighted by Gasteiger charge is 2.37. The van der Waals surface area contributed by atoms with E-state index in [1.807, 2.05) is 0 Å². The van der Waals surface area contributed by atoms with Crippen LogP contribution in [0.5, 0.6) is 0 Å². The number of anilines is 2. The van der Waals surface area contributed by atoms with Gasteiger partial charge in [-0.3, -0.25) is 0 Å². The predicted molar refractivity (Wildman–Crippen MR) is 97.4 cm³/mol. The molecule has 0 fully saturated rings. The van der Waals surface area contributed by atoms with Crippen molar-refractivity contribution in [3.05, 3.63) is 58.9 Å². The molecule has 0 spiro atoms. The summed E-state index contributed by atoms with van der Waals surface area (Å²) in [5.74, 6) is -0.636. The second kappa shape index (κ2) is 7.56. The Morgan fingerprint density at radius 3 is 2.19 bits per heavy atom. The van der Waals surface area contributed by atoms with E-state index in [2.05, 4.69) is 5.32 Å². The topological polar surface area (TPSA) is 82.1 Å². The fourth-order valence-corrected chi connectivity index (χ4v) is 3.11. The molecule has 0 amide bonds. The number of hydrogen-bond acceptors (Lipinski definition) is 4. The van der Waals surface area contributed by atoms with Crippen molar-refractivity contribution in [3.8, 4) is 0 Å². The number of rotatable bonds is 6. The van der Waals surface area contributed by atoms with Crippen LogP contribution in [0.15, 0.2) is 36.4 Å². The average molecular weight is 383 g/mol. The minimum absolute atomic E-state index is 0.0375. The molecule has 0 radical (unpaired) electrons. The molecule has 0 heterocycles. The lowest BCUT2D eigenvalue weighted by molar-refractivity contribution is -0.137. The first-order chi connectivity index (χ1) is 12.5. The lowest BCUT2D eigenvalue weighted by Crippen LogP contribution is -2.45. The van der Waals surface area contributed by atoms with Gasteiger partial charge in [0.15, 0.2) is 0 Å². The van der Waals surface area contributed by atoms with E-state index >= 15 is 0 Å². The van der Waals surface area contributed by atoms with Crippen molar-refractivity contribution < 1.29 is 22.7 Å². The Hall–Kier alpha value is -2.61. The summed E-state index contributed by atoms with van der Waals surface area (Å²) >= 11 is 0. The van der Waals surface area contributed by atoms with Crippen LogP contribution in [0.3, 0.4) is 0 Å². The number of nitrogens with one attached hydrogen (secondary N) is 2. The Bertz CT molecular complexity index is 819. The van der Waals surface area contributed by atoms with Gasteiger partial charge < -0.3 is 21.6 Å². The minimum Gasteiger partial charge on any atom is -0.398 e. The van der Waals surface area contributed by atoms with Gasteiger partial charge in [-0.2, -0.15) is 13.2 Å². The van der Waals surface area contributed by atoms with E-state index in [0.29, 0.717) is 5.56 Å². The van der Waals surface area contributed by atoms with Gasteiger partial charge in [0, 0.05) is 23.2 Å². The van der Waals surface area contributed by atoms with E-state index < -0.39 is 29.2 Å². The number of nitrogens with two attached hydrogens (primary N) is 1. The average Bonchev–Trinajstić information content (AvgIpc) is 2.58. The van der Waals surface area contributed by atoms with Crippen LogP contribution in [0.4, 0.5) is 28.9 Å². The molecule has 8 heteroatoms. The van der Waals surface area contributed by atoms with E-state index in [1.165, 1.54) is 19.1 Å². The summed E-state index contributed by atoms with van der Waals surface area (Å²) in [5, 5.41) is 21.0. The normalized spacial score (nSPS) is 15.1. The molecule has 2 rings (SSSR count).